The van der Waals surface area contributed by atoms with Crippen molar-refractivity contribution in [2.24, 2.45) is 0 Å². The van der Waals surface area contributed by atoms with Crippen molar-refractivity contribution in [1.82, 2.24) is 9.55 Å². The van der Waals surface area contributed by atoms with Crippen LogP contribution in [0.4, 0.5) is 0 Å². The highest BCUT2D eigenvalue weighted by molar-refractivity contribution is 6.29. The van der Waals surface area contributed by atoms with E-state index in [1.54, 1.807) is 0 Å². The summed E-state index contributed by atoms with van der Waals surface area (Å²) in [5, 5.41) is 17.4. The van der Waals surface area contributed by atoms with Crippen LogP contribution in [0.25, 0.3) is 18.7 Å². The monoisotopic (exact) mass is 227 g/mol. The van der Waals surface area contributed by atoms with Crippen molar-refractivity contribution < 1.29 is 9.84 Å². The van der Waals surface area contributed by atoms with E-state index in [0.29, 0.717) is 5.35 Å². The molecule has 0 fully saturated rings. The van der Waals surface area contributed by atoms with Gasteiger partial charge in [-0.3, -0.25) is 9.98 Å². The molecule has 0 aliphatic carbocycles. The standard InChI is InChI=1S/C9H10ClN3O2/c1-4-13-5(2)7(10)12-6(8(13)11)9(14)15-3/h4,11,14H,1-2H2,3H3. The number of nitrogens with one attached hydrogen (secondary N) is 1. The number of methoxy groups -OCH3 is 1. The second-order valence-corrected chi connectivity index (χ2v) is 2.97. The summed E-state index contributed by atoms with van der Waals surface area (Å²) < 4.78 is 5.87. The van der Waals surface area contributed by atoms with Gasteiger partial charge in [0.15, 0.2) is 16.0 Å². The van der Waals surface area contributed by atoms with Crippen molar-refractivity contribution in [3.63, 3.8) is 0 Å². The first-order valence-corrected chi connectivity index (χ1v) is 4.32. The van der Waals surface area contributed by atoms with Gasteiger partial charge in [-0.15, -0.1) is 0 Å². The Labute approximate surface area is 90.7 Å². The zero-order chi connectivity index (χ0) is 11.6. The molecule has 1 heterocycles. The van der Waals surface area contributed by atoms with Gasteiger partial charge in [0.25, 0.3) is 0 Å². The third-order valence-electron chi connectivity index (χ3n) is 1.78. The maximum Gasteiger partial charge on any atom is 0.307 e. The highest BCUT2D eigenvalue weighted by Crippen LogP contribution is 1.90. The Balaban J connectivity index is 3.91. The largest absolute Gasteiger partial charge is 0.479 e. The van der Waals surface area contributed by atoms with E-state index in [4.69, 9.17) is 17.0 Å². The third kappa shape index (κ3) is 1.87. The Morgan fingerprint density at radius 1 is 1.73 bits per heavy atom. The molecule has 0 radical (unpaired) electrons. The molecule has 0 bridgehead atoms. The first kappa shape index (κ1) is 11.3. The fraction of sp³-hybridized carbons (Fsp3) is 0.111. The molecule has 0 atom stereocenters. The molecule has 1 aromatic heterocycles. The topological polar surface area (TPSA) is 71.1 Å². The third-order valence-corrected chi connectivity index (χ3v) is 2.09. The molecule has 1 rings (SSSR count). The molecule has 1 aromatic rings. The Bertz CT molecular complexity index is 562. The number of hydrogen-bond acceptors (Lipinski definition) is 4. The van der Waals surface area contributed by atoms with Crippen molar-refractivity contribution >= 4 is 30.3 Å². The second kappa shape index (κ2) is 4.18. The summed E-state index contributed by atoms with van der Waals surface area (Å²) in [5.74, 6) is -0.475. The van der Waals surface area contributed by atoms with Gasteiger partial charge in [-0.2, -0.15) is 0 Å². The molecule has 0 saturated carbocycles. The van der Waals surface area contributed by atoms with Gasteiger partial charge in [-0.25, -0.2) is 4.98 Å². The minimum Gasteiger partial charge on any atom is -0.479 e. The average molecular weight is 228 g/mol. The van der Waals surface area contributed by atoms with Crippen LogP contribution in [0.3, 0.4) is 0 Å². The van der Waals surface area contributed by atoms with Gasteiger partial charge < -0.3 is 9.84 Å². The zero-order valence-electron chi connectivity index (χ0n) is 8.12. The van der Waals surface area contributed by atoms with Gasteiger partial charge in [-0.05, 0) is 0 Å². The Morgan fingerprint density at radius 3 is 2.80 bits per heavy atom. The Hall–Kier alpha value is -1.75. The lowest BCUT2D eigenvalue weighted by molar-refractivity contribution is 0.229. The lowest BCUT2D eigenvalue weighted by atomic mass is 10.5. The quantitative estimate of drug-likeness (QED) is 0.735. The van der Waals surface area contributed by atoms with Crippen LogP contribution in [-0.4, -0.2) is 21.8 Å². The van der Waals surface area contributed by atoms with E-state index in [9.17, 15) is 5.11 Å². The number of aliphatic hydroxyl groups is 1. The molecule has 15 heavy (non-hydrogen) atoms. The molecular formula is C9H10ClN3O2. The van der Waals surface area contributed by atoms with Crippen LogP contribution in [0.5, 0.6) is 0 Å². The van der Waals surface area contributed by atoms with Gasteiger partial charge in [0, 0.05) is 6.20 Å². The molecule has 0 spiro atoms. The predicted molar refractivity (Wildman–Crippen MR) is 57.3 cm³/mol. The molecule has 0 saturated heterocycles. The maximum atomic E-state index is 9.33. The van der Waals surface area contributed by atoms with Crippen molar-refractivity contribution in [1.29, 1.82) is 5.41 Å². The molecule has 6 heteroatoms. The van der Waals surface area contributed by atoms with E-state index in [0.717, 1.165) is 0 Å². The van der Waals surface area contributed by atoms with E-state index in [-0.39, 0.29) is 16.0 Å². The smallest absolute Gasteiger partial charge is 0.307 e. The first-order chi connectivity index (χ1) is 7.02. The summed E-state index contributed by atoms with van der Waals surface area (Å²) in [6.45, 7) is 7.13. The van der Waals surface area contributed by atoms with E-state index in [2.05, 4.69) is 22.9 Å². The van der Waals surface area contributed by atoms with Gasteiger partial charge in [0.05, 0.1) is 12.5 Å². The number of hydrogen-bond donors (Lipinski definition) is 2. The fourth-order valence-electron chi connectivity index (χ4n) is 1.01. The molecule has 0 amide bonds. The lowest BCUT2D eigenvalue weighted by Gasteiger charge is -2.03. The summed E-state index contributed by atoms with van der Waals surface area (Å²) in [7, 11) is 1.26. The van der Waals surface area contributed by atoms with Gasteiger partial charge in [0.2, 0.25) is 0 Å². The van der Waals surface area contributed by atoms with Gasteiger partial charge in [-0.1, -0.05) is 24.8 Å². The predicted octanol–water partition coefficient (Wildman–Crippen LogP) is -0.203. The Kier molecular flexibility index (Phi) is 3.16. The molecule has 0 aromatic carbocycles. The van der Waals surface area contributed by atoms with Crippen LogP contribution >= 0.6 is 11.6 Å². The lowest BCUT2D eigenvalue weighted by Crippen LogP contribution is -2.44. The summed E-state index contributed by atoms with van der Waals surface area (Å²) in [4.78, 5) is 3.79. The number of rotatable bonds is 2. The van der Waals surface area contributed by atoms with Crippen LogP contribution < -0.4 is 16.2 Å². The maximum absolute atomic E-state index is 9.33. The summed E-state index contributed by atoms with van der Waals surface area (Å²) in [6, 6.07) is 0. The number of aliphatic hydroxyl groups excluding tert-OH is 1. The zero-order valence-corrected chi connectivity index (χ0v) is 8.88. The molecule has 2 N–H and O–H groups in total. The van der Waals surface area contributed by atoms with Crippen molar-refractivity contribution in [2.75, 3.05) is 7.11 Å². The molecule has 80 valence electrons. The average Bonchev–Trinajstić information content (AvgIpc) is 2.23. The van der Waals surface area contributed by atoms with Crippen LogP contribution in [0.1, 0.15) is 0 Å². The molecule has 0 aliphatic heterocycles. The highest BCUT2D eigenvalue weighted by atomic mass is 35.5. The summed E-state index contributed by atoms with van der Waals surface area (Å²) >= 11 is 5.77. The fourth-order valence-corrected chi connectivity index (χ4v) is 1.19. The first-order valence-electron chi connectivity index (χ1n) is 3.94. The minimum absolute atomic E-state index is 0.0604. The number of ether oxygens (including phenoxy) is 1. The highest BCUT2D eigenvalue weighted by Gasteiger charge is 2.04. The summed E-state index contributed by atoms with van der Waals surface area (Å²) in [5.41, 5.74) is -0.0984. The SMILES string of the molecule is C=Cn1c(=C)c(Cl)nc(=C(O)OC)c1=N. The number of aromatic nitrogens is 2. The number of nitrogens with zero attached hydrogens (tertiary/aromatic N) is 2. The molecule has 0 unspecified atom stereocenters. The van der Waals surface area contributed by atoms with E-state index in [1.807, 2.05) is 0 Å². The summed E-state index contributed by atoms with van der Waals surface area (Å²) in [6.07, 6.45) is 1.35. The van der Waals surface area contributed by atoms with Gasteiger partial charge >= 0.3 is 5.95 Å². The van der Waals surface area contributed by atoms with Crippen LogP contribution in [-0.2, 0) is 4.74 Å². The van der Waals surface area contributed by atoms with Crippen LogP contribution in [0, 0.1) is 5.41 Å². The molecule has 5 nitrogen and oxygen atoms in total. The van der Waals surface area contributed by atoms with Crippen LogP contribution in [0.2, 0.25) is 5.15 Å². The minimum atomic E-state index is -0.475. The second-order valence-electron chi connectivity index (χ2n) is 2.61. The van der Waals surface area contributed by atoms with Crippen LogP contribution in [0.15, 0.2) is 6.58 Å². The normalized spacial score (nSPS) is 12.1. The molecule has 0 aliphatic rings. The van der Waals surface area contributed by atoms with E-state index in [1.165, 1.54) is 17.9 Å². The van der Waals surface area contributed by atoms with Crippen molar-refractivity contribution in [3.05, 3.63) is 27.9 Å². The van der Waals surface area contributed by atoms with E-state index >= 15 is 0 Å². The van der Waals surface area contributed by atoms with Gasteiger partial charge in [0.1, 0.15) is 0 Å². The van der Waals surface area contributed by atoms with Crippen molar-refractivity contribution in [2.45, 2.75) is 0 Å². The van der Waals surface area contributed by atoms with Crippen molar-refractivity contribution in [3.8, 4) is 0 Å². The Morgan fingerprint density at radius 2 is 2.33 bits per heavy atom. The van der Waals surface area contributed by atoms with E-state index < -0.39 is 5.95 Å². The number of halogens is 1. The molecular weight excluding hydrogens is 218 g/mol.